The van der Waals surface area contributed by atoms with Crippen molar-refractivity contribution in [3.63, 3.8) is 0 Å². The van der Waals surface area contributed by atoms with Crippen molar-refractivity contribution >= 4 is 0 Å². The van der Waals surface area contributed by atoms with Crippen LogP contribution < -0.4 is 5.32 Å². The Morgan fingerprint density at radius 1 is 1.14 bits per heavy atom. The van der Waals surface area contributed by atoms with E-state index in [2.05, 4.69) is 15.6 Å². The first-order chi connectivity index (χ1) is 10.0. The molecular weight excluding hydrogens is 281 g/mol. The predicted molar refractivity (Wildman–Crippen MR) is 72.7 cm³/mol. The first-order valence-electron chi connectivity index (χ1n) is 6.80. The number of halogens is 3. The maximum absolute atomic E-state index is 13.9. The average Bonchev–Trinajstić information content (AvgIpc) is 2.88. The van der Waals surface area contributed by atoms with Crippen LogP contribution in [0.15, 0.2) is 12.1 Å². The highest BCUT2D eigenvalue weighted by molar-refractivity contribution is 5.36. The van der Waals surface area contributed by atoms with Gasteiger partial charge in [0.25, 0.3) is 0 Å². The summed E-state index contributed by atoms with van der Waals surface area (Å²) in [6.45, 7) is 3.86. The van der Waals surface area contributed by atoms with Crippen molar-refractivity contribution in [2.45, 2.75) is 32.7 Å². The smallest absolute Gasteiger partial charge is 0.161 e. The minimum atomic E-state index is -1.23. The summed E-state index contributed by atoms with van der Waals surface area (Å²) in [6.07, 6.45) is 1.32. The summed E-state index contributed by atoms with van der Waals surface area (Å²) in [5, 5.41) is 11.1. The molecule has 0 amide bonds. The number of nitrogens with one attached hydrogen (secondary N) is 1. The highest BCUT2D eigenvalue weighted by atomic mass is 19.2. The number of hydrogen-bond acceptors (Lipinski definition) is 3. The molecule has 114 valence electrons. The monoisotopic (exact) mass is 298 g/mol. The van der Waals surface area contributed by atoms with Crippen molar-refractivity contribution in [2.24, 2.45) is 0 Å². The molecule has 0 bridgehead atoms. The van der Waals surface area contributed by atoms with Gasteiger partial charge in [-0.15, -0.1) is 5.10 Å². The van der Waals surface area contributed by atoms with Crippen LogP contribution >= 0.6 is 0 Å². The Hall–Kier alpha value is -1.89. The summed E-state index contributed by atoms with van der Waals surface area (Å²) < 4.78 is 41.5. The molecule has 1 atom stereocenters. The van der Waals surface area contributed by atoms with Gasteiger partial charge >= 0.3 is 0 Å². The minimum absolute atomic E-state index is 0.0259. The van der Waals surface area contributed by atoms with Gasteiger partial charge in [-0.05, 0) is 19.9 Å². The zero-order valence-corrected chi connectivity index (χ0v) is 12.1. The van der Waals surface area contributed by atoms with Gasteiger partial charge in [0.1, 0.15) is 11.4 Å². The van der Waals surface area contributed by atoms with E-state index in [9.17, 15) is 13.2 Å². The lowest BCUT2D eigenvalue weighted by Gasteiger charge is -2.13. The Morgan fingerprint density at radius 2 is 1.81 bits per heavy atom. The Bertz CT molecular complexity index is 635. The second-order valence-electron chi connectivity index (χ2n) is 4.65. The number of nitrogens with zero attached hydrogens (tertiary/aromatic N) is 3. The topological polar surface area (TPSA) is 42.7 Å². The first kappa shape index (κ1) is 15.5. The normalized spacial score (nSPS) is 12.7. The van der Waals surface area contributed by atoms with Gasteiger partial charge < -0.3 is 5.32 Å². The Labute approximate surface area is 121 Å². The van der Waals surface area contributed by atoms with E-state index >= 15 is 0 Å². The largest absolute Gasteiger partial charge is 0.312 e. The lowest BCUT2D eigenvalue weighted by Crippen LogP contribution is -2.17. The molecule has 4 nitrogen and oxygen atoms in total. The highest BCUT2D eigenvalue weighted by Crippen LogP contribution is 2.24. The van der Waals surface area contributed by atoms with E-state index in [1.165, 1.54) is 4.68 Å². The van der Waals surface area contributed by atoms with Crippen LogP contribution in [0.3, 0.4) is 0 Å². The molecule has 0 aliphatic rings. The van der Waals surface area contributed by atoms with Gasteiger partial charge in [0.2, 0.25) is 0 Å². The van der Waals surface area contributed by atoms with Gasteiger partial charge in [0.15, 0.2) is 17.5 Å². The average molecular weight is 298 g/mol. The third kappa shape index (κ3) is 2.78. The van der Waals surface area contributed by atoms with Crippen LogP contribution in [0, 0.1) is 17.5 Å². The zero-order chi connectivity index (χ0) is 15.6. The lowest BCUT2D eigenvalue weighted by atomic mass is 10.1. The molecule has 0 saturated carbocycles. The van der Waals surface area contributed by atoms with Crippen LogP contribution in [-0.4, -0.2) is 22.0 Å². The van der Waals surface area contributed by atoms with Gasteiger partial charge in [-0.3, -0.25) is 0 Å². The van der Waals surface area contributed by atoms with E-state index in [1.54, 1.807) is 7.05 Å². The molecule has 1 unspecified atom stereocenters. The number of benzene rings is 1. The molecule has 0 saturated heterocycles. The quantitative estimate of drug-likeness (QED) is 0.863. The van der Waals surface area contributed by atoms with Crippen LogP contribution in [0.4, 0.5) is 13.2 Å². The standard InChI is InChI=1S/C14H17F3N4/c1-4-11(18-3)14-12(5-2)21(20-19-14)13-7-9(16)8(15)6-10(13)17/h6-7,11,18H,4-5H2,1-3H3. The van der Waals surface area contributed by atoms with E-state index in [1.807, 2.05) is 13.8 Å². The Morgan fingerprint density at radius 3 is 2.38 bits per heavy atom. The van der Waals surface area contributed by atoms with Crippen LogP contribution in [0.5, 0.6) is 0 Å². The Balaban J connectivity index is 2.58. The van der Waals surface area contributed by atoms with Gasteiger partial charge in [-0.25, -0.2) is 17.9 Å². The molecule has 1 aromatic heterocycles. The molecule has 0 radical (unpaired) electrons. The van der Waals surface area contributed by atoms with E-state index < -0.39 is 17.5 Å². The fraction of sp³-hybridized carbons (Fsp3) is 0.429. The highest BCUT2D eigenvalue weighted by Gasteiger charge is 2.21. The molecule has 7 heteroatoms. The van der Waals surface area contributed by atoms with E-state index in [0.29, 0.717) is 23.9 Å². The molecule has 1 heterocycles. The van der Waals surface area contributed by atoms with Gasteiger partial charge in [0, 0.05) is 12.1 Å². The molecular formula is C14H17F3N4. The summed E-state index contributed by atoms with van der Waals surface area (Å²) in [5.41, 5.74) is 1.21. The second kappa shape index (κ2) is 6.26. The molecule has 0 aliphatic carbocycles. The number of aromatic nitrogens is 3. The van der Waals surface area contributed by atoms with Crippen LogP contribution in [0.1, 0.15) is 37.7 Å². The number of rotatable bonds is 5. The van der Waals surface area contributed by atoms with Crippen molar-refractivity contribution in [2.75, 3.05) is 7.05 Å². The Kier molecular flexibility index (Phi) is 4.62. The van der Waals surface area contributed by atoms with Crippen LogP contribution in [-0.2, 0) is 6.42 Å². The zero-order valence-electron chi connectivity index (χ0n) is 12.1. The summed E-state index contributed by atoms with van der Waals surface area (Å²) in [6, 6.07) is 1.28. The van der Waals surface area contributed by atoms with Crippen molar-refractivity contribution < 1.29 is 13.2 Å². The molecule has 2 rings (SSSR count). The molecule has 1 N–H and O–H groups in total. The summed E-state index contributed by atoms with van der Waals surface area (Å²) in [5.74, 6) is -3.22. The molecule has 0 fully saturated rings. The molecule has 2 aromatic rings. The summed E-state index contributed by atoms with van der Waals surface area (Å²) in [4.78, 5) is 0. The summed E-state index contributed by atoms with van der Waals surface area (Å²) >= 11 is 0. The van der Waals surface area contributed by atoms with Crippen molar-refractivity contribution in [3.8, 4) is 5.69 Å². The second-order valence-corrected chi connectivity index (χ2v) is 4.65. The SMILES string of the molecule is CCc1c(C(CC)NC)nnn1-c1cc(F)c(F)cc1F. The fourth-order valence-corrected chi connectivity index (χ4v) is 2.32. The van der Waals surface area contributed by atoms with Crippen LogP contribution in [0.2, 0.25) is 0 Å². The molecule has 1 aromatic carbocycles. The fourth-order valence-electron chi connectivity index (χ4n) is 2.32. The predicted octanol–water partition coefficient (Wildman–Crippen LogP) is 2.92. The van der Waals surface area contributed by atoms with E-state index in [4.69, 9.17) is 0 Å². The minimum Gasteiger partial charge on any atom is -0.312 e. The van der Waals surface area contributed by atoms with Crippen molar-refractivity contribution in [1.29, 1.82) is 0 Å². The molecule has 0 spiro atoms. The van der Waals surface area contributed by atoms with Crippen molar-refractivity contribution in [3.05, 3.63) is 41.0 Å². The third-order valence-electron chi connectivity index (χ3n) is 3.43. The third-order valence-corrected chi connectivity index (χ3v) is 3.43. The summed E-state index contributed by atoms with van der Waals surface area (Å²) in [7, 11) is 1.80. The van der Waals surface area contributed by atoms with E-state index in [-0.39, 0.29) is 11.7 Å². The molecule has 21 heavy (non-hydrogen) atoms. The number of hydrogen-bond donors (Lipinski definition) is 1. The first-order valence-corrected chi connectivity index (χ1v) is 6.80. The lowest BCUT2D eigenvalue weighted by molar-refractivity contribution is 0.490. The van der Waals surface area contributed by atoms with E-state index in [0.717, 1.165) is 12.5 Å². The van der Waals surface area contributed by atoms with Crippen molar-refractivity contribution in [1.82, 2.24) is 20.3 Å². The maximum Gasteiger partial charge on any atom is 0.161 e. The molecule has 0 aliphatic heterocycles. The maximum atomic E-state index is 13.9. The van der Waals surface area contributed by atoms with Crippen LogP contribution in [0.25, 0.3) is 5.69 Å². The van der Waals surface area contributed by atoms with Gasteiger partial charge in [-0.2, -0.15) is 0 Å². The van der Waals surface area contributed by atoms with Gasteiger partial charge in [-0.1, -0.05) is 19.1 Å². The van der Waals surface area contributed by atoms with Gasteiger partial charge in [0.05, 0.1) is 11.7 Å².